The Hall–Kier alpha value is -1.92. The van der Waals surface area contributed by atoms with E-state index in [2.05, 4.69) is 43.0 Å². The normalized spacial score (nSPS) is 27.3. The number of aliphatic imine (C=N–C) groups is 2. The van der Waals surface area contributed by atoms with Gasteiger partial charge in [-0.05, 0) is 30.9 Å². The molecular formula is C21H31N3O3. The molecule has 3 rings (SSSR count). The zero-order chi connectivity index (χ0) is 19.4. The molecule has 4 atom stereocenters. The third-order valence-corrected chi connectivity index (χ3v) is 5.45. The van der Waals surface area contributed by atoms with Crippen LogP contribution < -0.4 is 0 Å². The highest BCUT2D eigenvalue weighted by molar-refractivity contribution is 5.94. The molecule has 2 heterocycles. The Bertz CT molecular complexity index is 675. The number of benzene rings is 1. The van der Waals surface area contributed by atoms with E-state index in [0.29, 0.717) is 11.8 Å². The van der Waals surface area contributed by atoms with Gasteiger partial charge in [-0.2, -0.15) is 0 Å². The lowest BCUT2D eigenvalue weighted by atomic mass is 9.97. The van der Waals surface area contributed by atoms with Gasteiger partial charge in [-0.3, -0.25) is 4.90 Å². The molecule has 27 heavy (non-hydrogen) atoms. The van der Waals surface area contributed by atoms with E-state index in [1.54, 1.807) is 14.2 Å². The zero-order valence-electron chi connectivity index (χ0n) is 16.7. The third kappa shape index (κ3) is 4.33. The van der Waals surface area contributed by atoms with Crippen LogP contribution in [0.4, 0.5) is 0 Å². The van der Waals surface area contributed by atoms with Crippen molar-refractivity contribution >= 4 is 11.8 Å². The summed E-state index contributed by atoms with van der Waals surface area (Å²) < 4.78 is 11.0. The van der Waals surface area contributed by atoms with Crippen LogP contribution in [0, 0.1) is 5.92 Å². The van der Waals surface area contributed by atoms with Gasteiger partial charge in [0.05, 0.1) is 14.2 Å². The van der Waals surface area contributed by atoms with Crippen LogP contribution in [0.15, 0.2) is 40.3 Å². The Balaban J connectivity index is 1.79. The summed E-state index contributed by atoms with van der Waals surface area (Å²) in [6.07, 6.45) is 1.32. The third-order valence-electron chi connectivity index (χ3n) is 5.45. The molecule has 1 fully saturated rings. The Labute approximate surface area is 161 Å². The number of aliphatic hydroxyl groups is 1. The molecule has 0 bridgehead atoms. The molecule has 1 aromatic rings. The van der Waals surface area contributed by atoms with Crippen molar-refractivity contribution < 1.29 is 14.6 Å². The number of hydrogen-bond acceptors (Lipinski definition) is 6. The van der Waals surface area contributed by atoms with Crippen LogP contribution in [-0.4, -0.2) is 66.8 Å². The summed E-state index contributed by atoms with van der Waals surface area (Å²) in [6, 6.07) is 9.70. The van der Waals surface area contributed by atoms with Gasteiger partial charge in [0.15, 0.2) is 6.04 Å². The van der Waals surface area contributed by atoms with Crippen molar-refractivity contribution in [1.82, 2.24) is 4.90 Å². The summed E-state index contributed by atoms with van der Waals surface area (Å²) in [5.41, 5.74) is 1.25. The average Bonchev–Trinajstić information content (AvgIpc) is 3.15. The molecule has 1 saturated heterocycles. The fourth-order valence-corrected chi connectivity index (χ4v) is 4.00. The summed E-state index contributed by atoms with van der Waals surface area (Å²) in [4.78, 5) is 11.7. The second-order valence-corrected chi connectivity index (χ2v) is 7.63. The molecule has 0 saturated carbocycles. The summed E-state index contributed by atoms with van der Waals surface area (Å²) >= 11 is 0. The predicted molar refractivity (Wildman–Crippen MR) is 107 cm³/mol. The molecule has 1 N–H and O–H groups in total. The van der Waals surface area contributed by atoms with Crippen LogP contribution in [0.5, 0.6) is 0 Å². The quantitative estimate of drug-likeness (QED) is 0.861. The van der Waals surface area contributed by atoms with Crippen molar-refractivity contribution in [1.29, 1.82) is 0 Å². The molecule has 2 aliphatic heterocycles. The van der Waals surface area contributed by atoms with E-state index in [4.69, 9.17) is 19.5 Å². The summed E-state index contributed by atoms with van der Waals surface area (Å²) in [5, 5.41) is 11.2. The highest BCUT2D eigenvalue weighted by Crippen LogP contribution is 2.28. The van der Waals surface area contributed by atoms with Gasteiger partial charge in [-0.15, -0.1) is 0 Å². The highest BCUT2D eigenvalue weighted by atomic mass is 16.5. The average molecular weight is 373 g/mol. The predicted octanol–water partition coefficient (Wildman–Crippen LogP) is 2.51. The van der Waals surface area contributed by atoms with Gasteiger partial charge in [-0.25, -0.2) is 9.98 Å². The van der Waals surface area contributed by atoms with Gasteiger partial charge in [0.1, 0.15) is 12.1 Å². The van der Waals surface area contributed by atoms with Gasteiger partial charge < -0.3 is 14.6 Å². The van der Waals surface area contributed by atoms with Crippen LogP contribution in [0.25, 0.3) is 0 Å². The summed E-state index contributed by atoms with van der Waals surface area (Å²) in [6.45, 7) is 5.94. The van der Waals surface area contributed by atoms with Crippen molar-refractivity contribution in [2.45, 2.75) is 57.5 Å². The molecule has 2 aliphatic rings. The standard InChI is InChI=1S/C21H31N3O3/c1-14(2)17-20(26-3)23-18(21(22-17)27-4)19(25)16-11-8-12-24(16)13-15-9-6-5-7-10-15/h5-7,9-10,14,16-19,25H,8,11-13H2,1-4H3/t16-,17+,18-,19+/m0/s1. The van der Waals surface area contributed by atoms with Crippen LogP contribution in [0.1, 0.15) is 32.3 Å². The molecule has 0 spiro atoms. The van der Waals surface area contributed by atoms with Gasteiger partial charge in [0.2, 0.25) is 11.8 Å². The van der Waals surface area contributed by atoms with Crippen molar-refractivity contribution in [3.63, 3.8) is 0 Å². The monoisotopic (exact) mass is 373 g/mol. The number of ether oxygens (including phenoxy) is 2. The van der Waals surface area contributed by atoms with Crippen LogP contribution in [0.2, 0.25) is 0 Å². The fraction of sp³-hybridized carbons (Fsp3) is 0.619. The van der Waals surface area contributed by atoms with Gasteiger partial charge in [0.25, 0.3) is 0 Å². The van der Waals surface area contributed by atoms with E-state index in [1.165, 1.54) is 5.56 Å². The first-order valence-corrected chi connectivity index (χ1v) is 9.74. The first-order valence-electron chi connectivity index (χ1n) is 9.74. The number of methoxy groups -OCH3 is 2. The SMILES string of the molecule is COC1=N[C@H](C(C)C)C(OC)=N[C@H]1[C@H](O)[C@@H]1CCCN1Cc1ccccc1. The molecule has 6 nitrogen and oxygen atoms in total. The molecule has 6 heteroatoms. The molecule has 0 radical (unpaired) electrons. The second kappa shape index (κ2) is 8.85. The van der Waals surface area contributed by atoms with E-state index in [-0.39, 0.29) is 18.0 Å². The van der Waals surface area contributed by atoms with Crippen molar-refractivity contribution in [3.05, 3.63) is 35.9 Å². The van der Waals surface area contributed by atoms with E-state index in [0.717, 1.165) is 25.9 Å². The Kier molecular flexibility index (Phi) is 6.50. The number of likely N-dealkylation sites (tertiary alicyclic amines) is 1. The molecule has 0 unspecified atom stereocenters. The van der Waals surface area contributed by atoms with Crippen molar-refractivity contribution in [2.75, 3.05) is 20.8 Å². The smallest absolute Gasteiger partial charge is 0.212 e. The molecule has 0 amide bonds. The topological polar surface area (TPSA) is 66.6 Å². The Morgan fingerprint density at radius 2 is 1.70 bits per heavy atom. The van der Waals surface area contributed by atoms with Gasteiger partial charge >= 0.3 is 0 Å². The maximum Gasteiger partial charge on any atom is 0.212 e. The van der Waals surface area contributed by atoms with Crippen molar-refractivity contribution in [3.8, 4) is 0 Å². The molecule has 148 valence electrons. The lowest BCUT2D eigenvalue weighted by molar-refractivity contribution is 0.0587. The number of rotatable bonds is 5. The van der Waals surface area contributed by atoms with Crippen LogP contribution in [0.3, 0.4) is 0 Å². The molecular weight excluding hydrogens is 342 g/mol. The zero-order valence-corrected chi connectivity index (χ0v) is 16.7. The first kappa shape index (κ1) is 19.8. The van der Waals surface area contributed by atoms with Crippen molar-refractivity contribution in [2.24, 2.45) is 15.9 Å². The van der Waals surface area contributed by atoms with E-state index >= 15 is 0 Å². The van der Waals surface area contributed by atoms with Crippen LogP contribution >= 0.6 is 0 Å². The molecule has 1 aromatic carbocycles. The van der Waals surface area contributed by atoms with E-state index < -0.39 is 12.1 Å². The van der Waals surface area contributed by atoms with Gasteiger partial charge in [-0.1, -0.05) is 44.2 Å². The number of aliphatic hydroxyl groups excluding tert-OH is 1. The molecule has 0 aliphatic carbocycles. The largest absolute Gasteiger partial charge is 0.483 e. The van der Waals surface area contributed by atoms with Gasteiger partial charge in [0, 0.05) is 12.6 Å². The maximum atomic E-state index is 11.2. The Morgan fingerprint density at radius 3 is 2.33 bits per heavy atom. The maximum absolute atomic E-state index is 11.2. The number of nitrogens with zero attached hydrogens (tertiary/aromatic N) is 3. The minimum Gasteiger partial charge on any atom is -0.483 e. The second-order valence-electron chi connectivity index (χ2n) is 7.63. The summed E-state index contributed by atoms with van der Waals surface area (Å²) in [7, 11) is 3.21. The number of hydrogen-bond donors (Lipinski definition) is 1. The first-order chi connectivity index (χ1) is 13.0. The Morgan fingerprint density at radius 1 is 1.07 bits per heavy atom. The molecule has 0 aromatic heterocycles. The van der Waals surface area contributed by atoms with E-state index in [1.807, 2.05) is 6.07 Å². The lowest BCUT2D eigenvalue weighted by Crippen LogP contribution is -2.50. The minimum absolute atomic E-state index is 0.0213. The lowest BCUT2D eigenvalue weighted by Gasteiger charge is -2.34. The summed E-state index contributed by atoms with van der Waals surface area (Å²) in [5.74, 6) is 1.31. The minimum atomic E-state index is -0.687. The van der Waals surface area contributed by atoms with E-state index in [9.17, 15) is 5.11 Å². The highest BCUT2D eigenvalue weighted by Gasteiger charge is 2.41. The van der Waals surface area contributed by atoms with Crippen LogP contribution in [-0.2, 0) is 16.0 Å². The fourth-order valence-electron chi connectivity index (χ4n) is 4.00.